The fourth-order valence-electron chi connectivity index (χ4n) is 3.41. The third-order valence-corrected chi connectivity index (χ3v) is 4.71. The Labute approximate surface area is 141 Å². The quantitative estimate of drug-likeness (QED) is 0.835. The zero-order valence-electron chi connectivity index (χ0n) is 15.2. The number of piperazine rings is 1. The summed E-state index contributed by atoms with van der Waals surface area (Å²) < 4.78 is 0. The van der Waals surface area contributed by atoms with Gasteiger partial charge >= 0.3 is 0 Å². The maximum Gasteiger partial charge on any atom is 0.253 e. The molecule has 2 atom stereocenters. The average Bonchev–Trinajstić information content (AvgIpc) is 2.49. The lowest BCUT2D eigenvalue weighted by Gasteiger charge is -2.44. The minimum absolute atomic E-state index is 0.164. The average molecular weight is 317 g/mol. The smallest absolute Gasteiger partial charge is 0.253 e. The molecule has 23 heavy (non-hydrogen) atoms. The third kappa shape index (κ3) is 4.79. The van der Waals surface area contributed by atoms with Gasteiger partial charge in [-0.05, 0) is 60.0 Å². The molecule has 1 heterocycles. The van der Waals surface area contributed by atoms with Crippen molar-refractivity contribution < 1.29 is 4.79 Å². The molecule has 1 aliphatic rings. The van der Waals surface area contributed by atoms with Gasteiger partial charge in [-0.2, -0.15) is 0 Å². The van der Waals surface area contributed by atoms with Gasteiger partial charge in [-0.25, -0.2) is 0 Å². The Hall–Kier alpha value is -1.39. The van der Waals surface area contributed by atoms with E-state index in [0.29, 0.717) is 12.1 Å². The number of carbonyl (C=O) groups excluding carboxylic acids is 1. The van der Waals surface area contributed by atoms with Gasteiger partial charge in [0, 0.05) is 37.3 Å². The number of aryl methyl sites for hydroxylation is 1. The molecule has 1 fully saturated rings. The van der Waals surface area contributed by atoms with Crippen molar-refractivity contribution in [3.05, 3.63) is 35.4 Å². The van der Waals surface area contributed by atoms with Crippen LogP contribution in [0.3, 0.4) is 0 Å². The van der Waals surface area contributed by atoms with Gasteiger partial charge < -0.3 is 9.80 Å². The van der Waals surface area contributed by atoms with Crippen LogP contribution in [-0.4, -0.2) is 73.0 Å². The highest BCUT2D eigenvalue weighted by molar-refractivity contribution is 5.94. The molecule has 128 valence electrons. The molecule has 0 aliphatic carbocycles. The van der Waals surface area contributed by atoms with Gasteiger partial charge in [-0.3, -0.25) is 9.69 Å². The topological polar surface area (TPSA) is 26.8 Å². The van der Waals surface area contributed by atoms with Crippen molar-refractivity contribution in [2.75, 3.05) is 40.3 Å². The first kappa shape index (κ1) is 18.0. The van der Waals surface area contributed by atoms with Gasteiger partial charge in [0.25, 0.3) is 5.91 Å². The van der Waals surface area contributed by atoms with Crippen LogP contribution in [0, 0.1) is 6.92 Å². The number of nitrogens with zero attached hydrogens (tertiary/aromatic N) is 3. The molecular formula is C19H31N3O. The first-order valence-corrected chi connectivity index (χ1v) is 8.65. The van der Waals surface area contributed by atoms with Crippen LogP contribution in [0.25, 0.3) is 0 Å². The maximum atomic E-state index is 12.7. The number of benzene rings is 1. The molecule has 4 nitrogen and oxygen atoms in total. The highest BCUT2D eigenvalue weighted by Gasteiger charge is 2.31. The van der Waals surface area contributed by atoms with Crippen molar-refractivity contribution in [2.45, 2.75) is 39.3 Å². The Morgan fingerprint density at radius 3 is 2.22 bits per heavy atom. The Bertz CT molecular complexity index is 500. The molecular weight excluding hydrogens is 286 g/mol. The van der Waals surface area contributed by atoms with Gasteiger partial charge in [-0.15, -0.1) is 0 Å². The van der Waals surface area contributed by atoms with Crippen LogP contribution in [0.1, 0.15) is 36.2 Å². The Morgan fingerprint density at radius 2 is 1.70 bits per heavy atom. The Balaban J connectivity index is 1.95. The molecule has 0 bridgehead atoms. The minimum atomic E-state index is 0.164. The first-order chi connectivity index (χ1) is 10.9. The summed E-state index contributed by atoms with van der Waals surface area (Å²) in [5.41, 5.74) is 1.99. The normalized spacial score (nSPS) is 22.6. The summed E-state index contributed by atoms with van der Waals surface area (Å²) in [4.78, 5) is 19.5. The molecule has 0 radical (unpaired) electrons. The predicted octanol–water partition coefficient (Wildman–Crippen LogP) is 2.48. The lowest BCUT2D eigenvalue weighted by molar-refractivity contribution is 0.0295. The summed E-state index contributed by atoms with van der Waals surface area (Å²) in [7, 11) is 4.23. The predicted molar refractivity (Wildman–Crippen MR) is 95.9 cm³/mol. The largest absolute Gasteiger partial charge is 0.336 e. The summed E-state index contributed by atoms with van der Waals surface area (Å²) in [6, 6.07) is 8.73. The number of carbonyl (C=O) groups is 1. The summed E-state index contributed by atoms with van der Waals surface area (Å²) in [6.45, 7) is 10.4. The van der Waals surface area contributed by atoms with E-state index in [1.54, 1.807) is 0 Å². The van der Waals surface area contributed by atoms with Gasteiger partial charge in [0.1, 0.15) is 0 Å². The Kier molecular flexibility index (Phi) is 6.19. The summed E-state index contributed by atoms with van der Waals surface area (Å²) in [6.07, 6.45) is 1.17. The van der Waals surface area contributed by atoms with E-state index >= 15 is 0 Å². The number of rotatable bonds is 5. The molecule has 1 aromatic carbocycles. The van der Waals surface area contributed by atoms with E-state index in [2.05, 4.69) is 37.7 Å². The zero-order chi connectivity index (χ0) is 17.0. The maximum absolute atomic E-state index is 12.7. The van der Waals surface area contributed by atoms with E-state index in [1.165, 1.54) is 12.0 Å². The fraction of sp³-hybridized carbons (Fsp3) is 0.632. The summed E-state index contributed by atoms with van der Waals surface area (Å²) in [5, 5.41) is 0. The summed E-state index contributed by atoms with van der Waals surface area (Å²) >= 11 is 0. The van der Waals surface area contributed by atoms with Crippen LogP contribution in [0.2, 0.25) is 0 Å². The lowest BCUT2D eigenvalue weighted by Crippen LogP contribution is -2.58. The van der Waals surface area contributed by atoms with Gasteiger partial charge in [0.15, 0.2) is 0 Å². The standard InChI is InChI=1S/C19H31N3O/c1-15-7-9-18(10-8-15)19(23)21-13-16(2)22(17(3)14-21)12-6-11-20(4)5/h7-10,16-17H,6,11-14H2,1-5H3. The number of hydrogen-bond donors (Lipinski definition) is 0. The highest BCUT2D eigenvalue weighted by Crippen LogP contribution is 2.18. The van der Waals surface area contributed by atoms with Crippen molar-refractivity contribution in [3.8, 4) is 0 Å². The van der Waals surface area contributed by atoms with Crippen LogP contribution in [0.15, 0.2) is 24.3 Å². The van der Waals surface area contributed by atoms with Crippen molar-refractivity contribution in [1.29, 1.82) is 0 Å². The van der Waals surface area contributed by atoms with E-state index in [1.807, 2.05) is 36.1 Å². The molecule has 2 unspecified atom stereocenters. The van der Waals surface area contributed by atoms with Crippen LogP contribution in [0.5, 0.6) is 0 Å². The lowest BCUT2D eigenvalue weighted by atomic mass is 10.1. The molecule has 1 aliphatic heterocycles. The van der Waals surface area contributed by atoms with E-state index in [0.717, 1.165) is 31.7 Å². The molecule has 1 aromatic rings. The SMILES string of the molecule is Cc1ccc(C(=O)N2CC(C)N(CCCN(C)C)C(C)C2)cc1. The van der Waals surface area contributed by atoms with Gasteiger partial charge in [-0.1, -0.05) is 17.7 Å². The second kappa shape index (κ2) is 7.93. The molecule has 1 saturated heterocycles. The summed E-state index contributed by atoms with van der Waals surface area (Å²) in [5.74, 6) is 0.164. The highest BCUT2D eigenvalue weighted by atomic mass is 16.2. The van der Waals surface area contributed by atoms with Gasteiger partial charge in [0.2, 0.25) is 0 Å². The monoisotopic (exact) mass is 317 g/mol. The number of hydrogen-bond acceptors (Lipinski definition) is 3. The van der Waals surface area contributed by atoms with Gasteiger partial charge in [0.05, 0.1) is 0 Å². The van der Waals surface area contributed by atoms with Crippen LogP contribution < -0.4 is 0 Å². The molecule has 0 aromatic heterocycles. The van der Waals surface area contributed by atoms with Crippen LogP contribution in [-0.2, 0) is 0 Å². The van der Waals surface area contributed by atoms with Crippen molar-refractivity contribution in [1.82, 2.24) is 14.7 Å². The zero-order valence-corrected chi connectivity index (χ0v) is 15.2. The Morgan fingerprint density at radius 1 is 1.13 bits per heavy atom. The number of amides is 1. The van der Waals surface area contributed by atoms with Crippen LogP contribution in [0.4, 0.5) is 0 Å². The van der Waals surface area contributed by atoms with E-state index in [-0.39, 0.29) is 5.91 Å². The van der Waals surface area contributed by atoms with Crippen molar-refractivity contribution in [2.24, 2.45) is 0 Å². The molecule has 1 amide bonds. The molecule has 0 spiro atoms. The van der Waals surface area contributed by atoms with E-state index in [9.17, 15) is 4.79 Å². The second-order valence-corrected chi connectivity index (χ2v) is 7.17. The molecule has 2 rings (SSSR count). The second-order valence-electron chi connectivity index (χ2n) is 7.17. The fourth-order valence-corrected chi connectivity index (χ4v) is 3.41. The van der Waals surface area contributed by atoms with Crippen LogP contribution >= 0.6 is 0 Å². The molecule has 0 N–H and O–H groups in total. The third-order valence-electron chi connectivity index (χ3n) is 4.71. The van der Waals surface area contributed by atoms with E-state index in [4.69, 9.17) is 0 Å². The molecule has 0 saturated carbocycles. The molecule has 4 heteroatoms. The van der Waals surface area contributed by atoms with Crippen molar-refractivity contribution in [3.63, 3.8) is 0 Å². The first-order valence-electron chi connectivity index (χ1n) is 8.65. The van der Waals surface area contributed by atoms with E-state index < -0.39 is 0 Å². The minimum Gasteiger partial charge on any atom is -0.336 e. The van der Waals surface area contributed by atoms with Crippen molar-refractivity contribution >= 4 is 5.91 Å².